The molecule has 4 aromatic rings. The van der Waals surface area contributed by atoms with E-state index in [0.717, 1.165) is 22.0 Å². The molecule has 4 aromatic carbocycles. The predicted octanol–water partition coefficient (Wildman–Crippen LogP) is 4.04. The molecule has 11 nitrogen and oxygen atoms in total. The molecule has 14 heteroatoms. The molecular formula is C29H27ClN4O7S2. The Morgan fingerprint density at radius 1 is 0.791 bits per heavy atom. The van der Waals surface area contributed by atoms with Crippen molar-refractivity contribution in [3.8, 4) is 5.75 Å². The van der Waals surface area contributed by atoms with E-state index in [1.807, 2.05) is 6.07 Å². The van der Waals surface area contributed by atoms with Crippen LogP contribution in [0.4, 0.5) is 5.69 Å². The van der Waals surface area contributed by atoms with Crippen LogP contribution in [0.3, 0.4) is 0 Å². The Labute approximate surface area is 254 Å². The van der Waals surface area contributed by atoms with Crippen molar-refractivity contribution in [2.75, 3.05) is 18.9 Å². The van der Waals surface area contributed by atoms with Crippen molar-refractivity contribution in [2.24, 2.45) is 0 Å². The summed E-state index contributed by atoms with van der Waals surface area (Å²) in [6, 6.07) is 24.2. The Hall–Kier alpha value is -4.43. The number of hydrazine groups is 1. The lowest BCUT2D eigenvalue weighted by Crippen LogP contribution is -2.41. The molecule has 224 valence electrons. The van der Waals surface area contributed by atoms with Gasteiger partial charge < -0.3 is 4.74 Å². The van der Waals surface area contributed by atoms with Crippen LogP contribution in [0.25, 0.3) is 0 Å². The number of ether oxygens (including phenoxy) is 1. The molecule has 0 heterocycles. The SMILES string of the molecule is COc1ccccc1NS(=O)(=O)c1cccc(C(=O)NNC(=O)c2cc(S(=O)(=O)N(C)Cc3ccccc3)ccc2Cl)c1. The first-order valence-electron chi connectivity index (χ1n) is 12.6. The lowest BCUT2D eigenvalue weighted by Gasteiger charge is -2.18. The second-order valence-corrected chi connectivity index (χ2v) is 13.3. The molecular weight excluding hydrogens is 616 g/mol. The van der Waals surface area contributed by atoms with Gasteiger partial charge in [-0.1, -0.05) is 60.1 Å². The summed E-state index contributed by atoms with van der Waals surface area (Å²) >= 11 is 6.18. The summed E-state index contributed by atoms with van der Waals surface area (Å²) in [5, 5.41) is -0.0492. The maximum absolute atomic E-state index is 13.2. The zero-order valence-electron chi connectivity index (χ0n) is 22.9. The summed E-state index contributed by atoms with van der Waals surface area (Å²) in [5.41, 5.74) is 5.08. The fraction of sp³-hybridized carbons (Fsp3) is 0.103. The Balaban J connectivity index is 1.46. The number of rotatable bonds is 10. The standard InChI is InChI=1S/C29H27ClN4O7S2/c1-34(19-20-9-4-3-5-10-20)43(39,40)23-15-16-25(30)24(18-23)29(36)32-31-28(35)21-11-8-12-22(17-21)42(37,38)33-26-13-6-7-14-27(26)41-2/h3-18,33H,19H2,1-2H3,(H,31,35)(H,32,36). The van der Waals surface area contributed by atoms with Crippen LogP contribution in [-0.4, -0.2) is 47.1 Å². The van der Waals surface area contributed by atoms with Gasteiger partial charge in [0.25, 0.3) is 21.8 Å². The van der Waals surface area contributed by atoms with E-state index in [1.165, 1.54) is 50.6 Å². The third-order valence-corrected chi connectivity index (χ3v) is 9.68. The second kappa shape index (κ2) is 13.3. The second-order valence-electron chi connectivity index (χ2n) is 9.13. The van der Waals surface area contributed by atoms with Gasteiger partial charge in [0.2, 0.25) is 10.0 Å². The Bertz CT molecular complexity index is 1870. The van der Waals surface area contributed by atoms with Crippen molar-refractivity contribution in [3.05, 3.63) is 119 Å². The number of carbonyl (C=O) groups is 2. The van der Waals surface area contributed by atoms with Gasteiger partial charge in [0.05, 0.1) is 33.2 Å². The number of benzene rings is 4. The van der Waals surface area contributed by atoms with Gasteiger partial charge in [-0.3, -0.25) is 25.2 Å². The molecule has 0 aliphatic rings. The van der Waals surface area contributed by atoms with Crippen LogP contribution in [0, 0.1) is 0 Å². The first-order chi connectivity index (χ1) is 20.4. The average molecular weight is 643 g/mol. The maximum atomic E-state index is 13.2. The molecule has 0 atom stereocenters. The van der Waals surface area contributed by atoms with Crippen molar-refractivity contribution in [1.29, 1.82) is 0 Å². The highest BCUT2D eigenvalue weighted by Crippen LogP contribution is 2.27. The number of anilines is 1. The number of nitrogens with one attached hydrogen (secondary N) is 3. The number of methoxy groups -OCH3 is 1. The monoisotopic (exact) mass is 642 g/mol. The van der Waals surface area contributed by atoms with Gasteiger partial charge in [-0.05, 0) is 54.1 Å². The van der Waals surface area contributed by atoms with Crippen molar-refractivity contribution < 1.29 is 31.2 Å². The topological polar surface area (TPSA) is 151 Å². The normalized spacial score (nSPS) is 11.5. The Kier molecular flexibility index (Phi) is 9.71. The molecule has 0 saturated carbocycles. The zero-order chi connectivity index (χ0) is 31.2. The molecule has 0 spiro atoms. The minimum Gasteiger partial charge on any atom is -0.495 e. The van der Waals surface area contributed by atoms with Crippen LogP contribution in [0.15, 0.2) is 107 Å². The molecule has 3 N–H and O–H groups in total. The molecule has 4 rings (SSSR count). The van der Waals surface area contributed by atoms with Gasteiger partial charge in [-0.2, -0.15) is 4.31 Å². The van der Waals surface area contributed by atoms with Gasteiger partial charge >= 0.3 is 0 Å². The molecule has 0 unspecified atom stereocenters. The third-order valence-electron chi connectivity index (χ3n) is 6.19. The highest BCUT2D eigenvalue weighted by atomic mass is 35.5. The third kappa shape index (κ3) is 7.51. The number of para-hydroxylation sites is 2. The molecule has 2 amide bonds. The van der Waals surface area contributed by atoms with E-state index in [9.17, 15) is 26.4 Å². The molecule has 0 aromatic heterocycles. The van der Waals surface area contributed by atoms with Crippen LogP contribution in [0.2, 0.25) is 5.02 Å². The smallest absolute Gasteiger partial charge is 0.271 e. The Morgan fingerprint density at radius 3 is 2.19 bits per heavy atom. The van der Waals surface area contributed by atoms with E-state index in [-0.39, 0.29) is 38.2 Å². The number of amides is 2. The van der Waals surface area contributed by atoms with E-state index < -0.39 is 31.9 Å². The number of sulfonamides is 2. The summed E-state index contributed by atoms with van der Waals surface area (Å²) in [6.45, 7) is 0.104. The molecule has 0 fully saturated rings. The van der Waals surface area contributed by atoms with Crippen molar-refractivity contribution in [1.82, 2.24) is 15.2 Å². The Morgan fingerprint density at radius 2 is 1.47 bits per heavy atom. The van der Waals surface area contributed by atoms with E-state index in [4.69, 9.17) is 16.3 Å². The minimum absolute atomic E-state index is 0.0492. The summed E-state index contributed by atoms with van der Waals surface area (Å²) in [5.74, 6) is -1.41. The number of halogens is 1. The van der Waals surface area contributed by atoms with Crippen LogP contribution in [0.5, 0.6) is 5.75 Å². The van der Waals surface area contributed by atoms with Crippen molar-refractivity contribution >= 4 is 49.1 Å². The molecule has 0 radical (unpaired) electrons. The van der Waals surface area contributed by atoms with Crippen LogP contribution >= 0.6 is 11.6 Å². The summed E-state index contributed by atoms with van der Waals surface area (Å²) in [7, 11) is -5.28. The number of nitrogens with zero attached hydrogens (tertiary/aromatic N) is 1. The molecule has 0 aliphatic heterocycles. The highest BCUT2D eigenvalue weighted by Gasteiger charge is 2.24. The fourth-order valence-corrected chi connectivity index (χ4v) is 6.44. The van der Waals surface area contributed by atoms with Crippen LogP contribution < -0.4 is 20.3 Å². The van der Waals surface area contributed by atoms with E-state index in [2.05, 4.69) is 15.6 Å². The van der Waals surface area contributed by atoms with E-state index >= 15 is 0 Å². The molecule has 0 aliphatic carbocycles. The number of carbonyl (C=O) groups excluding carboxylic acids is 2. The zero-order valence-corrected chi connectivity index (χ0v) is 25.3. The highest BCUT2D eigenvalue weighted by molar-refractivity contribution is 7.92. The predicted molar refractivity (Wildman–Crippen MR) is 162 cm³/mol. The largest absolute Gasteiger partial charge is 0.495 e. The van der Waals surface area contributed by atoms with Gasteiger partial charge in [-0.15, -0.1) is 0 Å². The van der Waals surface area contributed by atoms with Gasteiger partial charge in [-0.25, -0.2) is 16.8 Å². The first kappa shape index (κ1) is 31.5. The van der Waals surface area contributed by atoms with Gasteiger partial charge in [0.15, 0.2) is 0 Å². The van der Waals surface area contributed by atoms with E-state index in [0.29, 0.717) is 5.75 Å². The first-order valence-corrected chi connectivity index (χ1v) is 15.9. The molecule has 0 saturated heterocycles. The van der Waals surface area contributed by atoms with Crippen LogP contribution in [0.1, 0.15) is 26.3 Å². The van der Waals surface area contributed by atoms with Gasteiger partial charge in [0.1, 0.15) is 5.75 Å². The summed E-state index contributed by atoms with van der Waals surface area (Å²) in [4.78, 5) is 25.3. The van der Waals surface area contributed by atoms with Crippen molar-refractivity contribution in [3.63, 3.8) is 0 Å². The molecule has 0 bridgehead atoms. The average Bonchev–Trinajstić information content (AvgIpc) is 3.00. The molecule has 43 heavy (non-hydrogen) atoms. The minimum atomic E-state index is -4.10. The summed E-state index contributed by atoms with van der Waals surface area (Å²) in [6.07, 6.45) is 0. The fourth-order valence-electron chi connectivity index (χ4n) is 3.93. The number of hydrogen-bond donors (Lipinski definition) is 3. The quantitative estimate of drug-likeness (QED) is 0.221. The maximum Gasteiger partial charge on any atom is 0.271 e. The summed E-state index contributed by atoms with van der Waals surface area (Å²) < 4.78 is 61.0. The number of hydrogen-bond acceptors (Lipinski definition) is 7. The lowest BCUT2D eigenvalue weighted by molar-refractivity contribution is 0.0846. The van der Waals surface area contributed by atoms with Crippen LogP contribution in [-0.2, 0) is 26.6 Å². The van der Waals surface area contributed by atoms with Gasteiger partial charge in [0, 0.05) is 19.2 Å². The lowest BCUT2D eigenvalue weighted by atomic mass is 10.2. The van der Waals surface area contributed by atoms with Crippen molar-refractivity contribution in [2.45, 2.75) is 16.3 Å². The van der Waals surface area contributed by atoms with E-state index in [1.54, 1.807) is 42.5 Å².